The topological polar surface area (TPSA) is 30.5 Å². The third-order valence-electron chi connectivity index (χ3n) is 3.87. The second kappa shape index (κ2) is 7.27. The highest BCUT2D eigenvalue weighted by Gasteiger charge is 2.13. The molecular formula is C16H25NO2. The van der Waals surface area contributed by atoms with E-state index in [2.05, 4.69) is 11.4 Å². The van der Waals surface area contributed by atoms with Crippen LogP contribution < -0.4 is 14.8 Å². The molecule has 106 valence electrons. The van der Waals surface area contributed by atoms with Crippen molar-refractivity contribution in [2.24, 2.45) is 0 Å². The summed E-state index contributed by atoms with van der Waals surface area (Å²) >= 11 is 0. The summed E-state index contributed by atoms with van der Waals surface area (Å²) in [5, 5.41) is 3.64. The number of anilines is 1. The van der Waals surface area contributed by atoms with E-state index in [-0.39, 0.29) is 0 Å². The second-order valence-electron chi connectivity index (χ2n) is 5.25. The molecule has 0 atom stereocenters. The maximum absolute atomic E-state index is 5.44. The molecule has 0 saturated heterocycles. The van der Waals surface area contributed by atoms with Gasteiger partial charge in [-0.1, -0.05) is 32.1 Å². The molecule has 3 nitrogen and oxygen atoms in total. The molecule has 1 fully saturated rings. The summed E-state index contributed by atoms with van der Waals surface area (Å²) in [5.41, 5.74) is 1.08. The fourth-order valence-corrected chi connectivity index (χ4v) is 2.74. The molecule has 0 bridgehead atoms. The maximum atomic E-state index is 5.44. The molecule has 0 aliphatic heterocycles. The molecule has 0 heterocycles. The van der Waals surface area contributed by atoms with Crippen molar-refractivity contribution in [1.82, 2.24) is 0 Å². The van der Waals surface area contributed by atoms with Gasteiger partial charge in [0, 0.05) is 12.1 Å². The van der Waals surface area contributed by atoms with Crippen LogP contribution in [-0.4, -0.2) is 20.3 Å². The van der Waals surface area contributed by atoms with Crippen molar-refractivity contribution in [2.75, 3.05) is 19.5 Å². The molecule has 1 aromatic carbocycles. The molecule has 1 aliphatic carbocycles. The molecular weight excluding hydrogens is 238 g/mol. The SMILES string of the molecule is COc1ccc(NC2CCCCCCC2)c(OC)c1. The van der Waals surface area contributed by atoms with Crippen LogP contribution >= 0.6 is 0 Å². The van der Waals surface area contributed by atoms with Gasteiger partial charge in [0.15, 0.2) is 0 Å². The maximum Gasteiger partial charge on any atom is 0.145 e. The quantitative estimate of drug-likeness (QED) is 0.882. The first-order valence-electron chi connectivity index (χ1n) is 7.32. The van der Waals surface area contributed by atoms with Gasteiger partial charge in [0.05, 0.1) is 19.9 Å². The van der Waals surface area contributed by atoms with Gasteiger partial charge in [-0.15, -0.1) is 0 Å². The molecule has 1 aliphatic rings. The normalized spacial score (nSPS) is 17.4. The Morgan fingerprint density at radius 1 is 0.947 bits per heavy atom. The molecule has 0 aromatic heterocycles. The average Bonchev–Trinajstić information content (AvgIpc) is 2.42. The second-order valence-corrected chi connectivity index (χ2v) is 5.25. The first kappa shape index (κ1) is 14.0. The Kier molecular flexibility index (Phi) is 5.37. The number of hydrogen-bond acceptors (Lipinski definition) is 3. The average molecular weight is 263 g/mol. The van der Waals surface area contributed by atoms with Crippen molar-refractivity contribution in [1.29, 1.82) is 0 Å². The van der Waals surface area contributed by atoms with E-state index in [0.29, 0.717) is 6.04 Å². The smallest absolute Gasteiger partial charge is 0.145 e. The highest BCUT2D eigenvalue weighted by Crippen LogP contribution is 2.31. The van der Waals surface area contributed by atoms with Crippen LogP contribution in [0.15, 0.2) is 18.2 Å². The molecule has 0 radical (unpaired) electrons. The number of benzene rings is 1. The van der Waals surface area contributed by atoms with Crippen LogP contribution in [0.2, 0.25) is 0 Å². The molecule has 19 heavy (non-hydrogen) atoms. The number of ether oxygens (including phenoxy) is 2. The molecule has 0 amide bonds. The van der Waals surface area contributed by atoms with Gasteiger partial charge in [-0.2, -0.15) is 0 Å². The molecule has 1 N–H and O–H groups in total. The lowest BCUT2D eigenvalue weighted by molar-refractivity contribution is 0.394. The van der Waals surface area contributed by atoms with Gasteiger partial charge < -0.3 is 14.8 Å². The van der Waals surface area contributed by atoms with Crippen molar-refractivity contribution in [3.63, 3.8) is 0 Å². The Labute approximate surface area is 116 Å². The van der Waals surface area contributed by atoms with Crippen LogP contribution in [-0.2, 0) is 0 Å². The molecule has 0 spiro atoms. The lowest BCUT2D eigenvalue weighted by Gasteiger charge is -2.23. The Bertz CT molecular complexity index is 384. The van der Waals surface area contributed by atoms with E-state index in [4.69, 9.17) is 9.47 Å². The summed E-state index contributed by atoms with van der Waals surface area (Å²) in [6.45, 7) is 0. The monoisotopic (exact) mass is 263 g/mol. The molecule has 2 rings (SSSR count). The zero-order valence-corrected chi connectivity index (χ0v) is 12.1. The van der Waals surface area contributed by atoms with Crippen molar-refractivity contribution >= 4 is 5.69 Å². The number of rotatable bonds is 4. The highest BCUT2D eigenvalue weighted by atomic mass is 16.5. The molecule has 1 aromatic rings. The van der Waals surface area contributed by atoms with Gasteiger partial charge in [0.1, 0.15) is 11.5 Å². The van der Waals surface area contributed by atoms with Crippen LogP contribution in [0, 0.1) is 0 Å². The van der Waals surface area contributed by atoms with Crippen molar-refractivity contribution in [3.05, 3.63) is 18.2 Å². The largest absolute Gasteiger partial charge is 0.497 e. The fraction of sp³-hybridized carbons (Fsp3) is 0.625. The van der Waals surface area contributed by atoms with Crippen LogP contribution in [0.25, 0.3) is 0 Å². The summed E-state index contributed by atoms with van der Waals surface area (Å²) in [7, 11) is 3.38. The van der Waals surface area contributed by atoms with Gasteiger partial charge in [0.2, 0.25) is 0 Å². The molecule has 1 saturated carbocycles. The minimum atomic E-state index is 0.572. The summed E-state index contributed by atoms with van der Waals surface area (Å²) < 4.78 is 10.7. The Hall–Kier alpha value is -1.38. The van der Waals surface area contributed by atoms with Gasteiger partial charge in [-0.05, 0) is 25.0 Å². The lowest BCUT2D eigenvalue weighted by Crippen LogP contribution is -2.20. The highest BCUT2D eigenvalue weighted by molar-refractivity contribution is 5.59. The minimum absolute atomic E-state index is 0.572. The van der Waals surface area contributed by atoms with Crippen molar-refractivity contribution in [2.45, 2.75) is 51.0 Å². The van der Waals surface area contributed by atoms with Gasteiger partial charge >= 0.3 is 0 Å². The van der Waals surface area contributed by atoms with Crippen LogP contribution in [0.1, 0.15) is 44.9 Å². The summed E-state index contributed by atoms with van der Waals surface area (Å²) in [6, 6.07) is 6.54. The van der Waals surface area contributed by atoms with Crippen molar-refractivity contribution in [3.8, 4) is 11.5 Å². The minimum Gasteiger partial charge on any atom is -0.497 e. The van der Waals surface area contributed by atoms with Crippen LogP contribution in [0.3, 0.4) is 0 Å². The zero-order chi connectivity index (χ0) is 13.5. The summed E-state index contributed by atoms with van der Waals surface area (Å²) in [4.78, 5) is 0. The number of hydrogen-bond donors (Lipinski definition) is 1. The first-order valence-corrected chi connectivity index (χ1v) is 7.32. The summed E-state index contributed by atoms with van der Waals surface area (Å²) in [6.07, 6.45) is 9.32. The standard InChI is InChI=1S/C16H25NO2/c1-18-14-10-11-15(16(12-14)19-2)17-13-8-6-4-3-5-7-9-13/h10-13,17H,3-9H2,1-2H3. The molecule has 0 unspecified atom stereocenters. The van der Waals surface area contributed by atoms with E-state index >= 15 is 0 Å². The Balaban J connectivity index is 2.04. The Morgan fingerprint density at radius 3 is 2.26 bits per heavy atom. The summed E-state index contributed by atoms with van der Waals surface area (Å²) in [5.74, 6) is 1.70. The predicted molar refractivity (Wildman–Crippen MR) is 79.3 cm³/mol. The number of methoxy groups -OCH3 is 2. The van der Waals surface area contributed by atoms with E-state index in [1.165, 1.54) is 44.9 Å². The molecule has 3 heteroatoms. The van der Waals surface area contributed by atoms with E-state index in [1.54, 1.807) is 14.2 Å². The van der Waals surface area contributed by atoms with Gasteiger partial charge in [-0.3, -0.25) is 0 Å². The lowest BCUT2D eigenvalue weighted by atomic mass is 9.96. The van der Waals surface area contributed by atoms with Crippen LogP contribution in [0.4, 0.5) is 5.69 Å². The van der Waals surface area contributed by atoms with Crippen LogP contribution in [0.5, 0.6) is 11.5 Å². The number of nitrogens with one attached hydrogen (secondary N) is 1. The van der Waals surface area contributed by atoms with E-state index in [1.807, 2.05) is 12.1 Å². The van der Waals surface area contributed by atoms with E-state index < -0.39 is 0 Å². The van der Waals surface area contributed by atoms with Crippen molar-refractivity contribution < 1.29 is 9.47 Å². The third kappa shape index (κ3) is 4.05. The van der Waals surface area contributed by atoms with E-state index in [9.17, 15) is 0 Å². The Morgan fingerprint density at radius 2 is 1.63 bits per heavy atom. The van der Waals surface area contributed by atoms with Gasteiger partial charge in [-0.25, -0.2) is 0 Å². The predicted octanol–water partition coefficient (Wildman–Crippen LogP) is 4.23. The third-order valence-corrected chi connectivity index (χ3v) is 3.87. The zero-order valence-electron chi connectivity index (χ0n) is 12.1. The van der Waals surface area contributed by atoms with E-state index in [0.717, 1.165) is 17.2 Å². The first-order chi connectivity index (χ1) is 9.33. The van der Waals surface area contributed by atoms with Gasteiger partial charge in [0.25, 0.3) is 0 Å². The fourth-order valence-electron chi connectivity index (χ4n) is 2.74.